The summed E-state index contributed by atoms with van der Waals surface area (Å²) in [5.41, 5.74) is 1.25. The number of benzene rings is 1. The Morgan fingerprint density at radius 1 is 1.27 bits per heavy atom. The average Bonchev–Trinajstić information content (AvgIpc) is 2.53. The van der Waals surface area contributed by atoms with Crippen LogP contribution in [0.25, 0.3) is 0 Å². The number of carbonyl (C=O) groups excluding carboxylic acids is 1. The minimum Gasteiger partial charge on any atom is -0.371 e. The Morgan fingerprint density at radius 2 is 2.00 bits per heavy atom. The van der Waals surface area contributed by atoms with Crippen LogP contribution in [0.5, 0.6) is 0 Å². The topological polar surface area (TPSA) is 32.8 Å². The Balaban J connectivity index is 1.78. The van der Waals surface area contributed by atoms with Gasteiger partial charge in [-0.3, -0.25) is 9.69 Å². The van der Waals surface area contributed by atoms with Crippen molar-refractivity contribution < 1.29 is 9.53 Å². The van der Waals surface area contributed by atoms with Gasteiger partial charge in [0.15, 0.2) is 0 Å². The summed E-state index contributed by atoms with van der Waals surface area (Å²) < 4.78 is 5.98. The normalized spacial score (nSPS) is 22.5. The van der Waals surface area contributed by atoms with Crippen molar-refractivity contribution in [2.24, 2.45) is 0 Å². The van der Waals surface area contributed by atoms with Crippen LogP contribution in [0.4, 0.5) is 0 Å². The van der Waals surface area contributed by atoms with Gasteiger partial charge in [0.2, 0.25) is 5.91 Å². The van der Waals surface area contributed by atoms with Crippen LogP contribution in [0.1, 0.15) is 37.9 Å². The predicted octanol–water partition coefficient (Wildman–Crippen LogP) is 2.71. The van der Waals surface area contributed by atoms with E-state index in [2.05, 4.69) is 36.1 Å². The highest BCUT2D eigenvalue weighted by molar-refractivity contribution is 5.75. The van der Waals surface area contributed by atoms with Crippen LogP contribution < -0.4 is 0 Å². The van der Waals surface area contributed by atoms with Crippen LogP contribution in [-0.2, 0) is 9.53 Å². The molecule has 1 amide bonds. The fourth-order valence-corrected chi connectivity index (χ4v) is 2.80. The monoisotopic (exact) mass is 304 g/mol. The number of rotatable bonds is 6. The van der Waals surface area contributed by atoms with Crippen LogP contribution in [0.3, 0.4) is 0 Å². The largest absolute Gasteiger partial charge is 0.371 e. The number of hydrogen-bond donors (Lipinski definition) is 0. The number of unbranched alkanes of at least 4 members (excludes halogenated alkanes) is 1. The van der Waals surface area contributed by atoms with E-state index < -0.39 is 0 Å². The summed E-state index contributed by atoms with van der Waals surface area (Å²) >= 11 is 0. The van der Waals surface area contributed by atoms with Gasteiger partial charge in [0, 0.05) is 33.1 Å². The van der Waals surface area contributed by atoms with Gasteiger partial charge >= 0.3 is 0 Å². The molecule has 4 heteroatoms. The van der Waals surface area contributed by atoms with Gasteiger partial charge in [-0.1, -0.05) is 30.3 Å². The molecule has 1 aromatic carbocycles. The third-order valence-corrected chi connectivity index (χ3v) is 4.32. The molecule has 0 aromatic heterocycles. The summed E-state index contributed by atoms with van der Waals surface area (Å²) in [6, 6.07) is 10.9. The SMILES string of the molecule is C[C@@H]1CO[C@H](c2ccccc2)CN1CCCCC(=O)N(C)C. The molecule has 1 heterocycles. The summed E-state index contributed by atoms with van der Waals surface area (Å²) in [5.74, 6) is 0.220. The molecule has 0 saturated carbocycles. The quantitative estimate of drug-likeness (QED) is 0.758. The minimum atomic E-state index is 0.167. The molecule has 1 saturated heterocycles. The van der Waals surface area contributed by atoms with Crippen LogP contribution in [0, 0.1) is 0 Å². The summed E-state index contributed by atoms with van der Waals surface area (Å²) in [6.07, 6.45) is 2.83. The average molecular weight is 304 g/mol. The van der Waals surface area contributed by atoms with Gasteiger partial charge in [-0.25, -0.2) is 0 Å². The van der Waals surface area contributed by atoms with E-state index in [-0.39, 0.29) is 12.0 Å². The van der Waals surface area contributed by atoms with Crippen molar-refractivity contribution in [2.75, 3.05) is 33.8 Å². The van der Waals surface area contributed by atoms with Gasteiger partial charge in [-0.15, -0.1) is 0 Å². The molecule has 0 bridgehead atoms. The van der Waals surface area contributed by atoms with E-state index in [0.717, 1.165) is 32.5 Å². The predicted molar refractivity (Wildman–Crippen MR) is 88.7 cm³/mol. The number of carbonyl (C=O) groups is 1. The third-order valence-electron chi connectivity index (χ3n) is 4.32. The Labute approximate surface area is 134 Å². The minimum absolute atomic E-state index is 0.167. The van der Waals surface area contributed by atoms with Crippen molar-refractivity contribution in [3.63, 3.8) is 0 Å². The van der Waals surface area contributed by atoms with Crippen molar-refractivity contribution >= 4 is 5.91 Å². The Hall–Kier alpha value is -1.39. The highest BCUT2D eigenvalue weighted by Gasteiger charge is 2.26. The van der Waals surface area contributed by atoms with E-state index >= 15 is 0 Å². The molecule has 22 heavy (non-hydrogen) atoms. The van der Waals surface area contributed by atoms with Crippen molar-refractivity contribution in [1.29, 1.82) is 0 Å². The Morgan fingerprint density at radius 3 is 2.68 bits per heavy atom. The first-order valence-corrected chi connectivity index (χ1v) is 8.18. The molecule has 1 fully saturated rings. The molecule has 2 rings (SSSR count). The lowest BCUT2D eigenvalue weighted by atomic mass is 10.1. The van der Waals surface area contributed by atoms with Crippen LogP contribution >= 0.6 is 0 Å². The second kappa shape index (κ2) is 8.30. The van der Waals surface area contributed by atoms with Crippen molar-refractivity contribution in [2.45, 2.75) is 38.3 Å². The molecule has 0 unspecified atom stereocenters. The standard InChI is InChI=1S/C18H28N2O2/c1-15-14-22-17(16-9-5-4-6-10-16)13-20(15)12-8-7-11-18(21)19(2)3/h4-6,9-10,15,17H,7-8,11-14H2,1-3H3/t15-,17+/m1/s1. The molecular weight excluding hydrogens is 276 g/mol. The number of morpholine rings is 1. The maximum Gasteiger partial charge on any atom is 0.222 e. The molecule has 1 aromatic rings. The van der Waals surface area contributed by atoms with E-state index in [0.29, 0.717) is 12.5 Å². The maximum atomic E-state index is 11.6. The van der Waals surface area contributed by atoms with Crippen LogP contribution in [-0.4, -0.2) is 55.5 Å². The lowest BCUT2D eigenvalue weighted by Gasteiger charge is -2.38. The lowest BCUT2D eigenvalue weighted by molar-refractivity contribution is -0.128. The molecule has 0 N–H and O–H groups in total. The molecule has 0 spiro atoms. The molecular formula is C18H28N2O2. The zero-order chi connectivity index (χ0) is 15.9. The van der Waals surface area contributed by atoms with Gasteiger partial charge in [-0.05, 0) is 31.9 Å². The number of ether oxygens (including phenoxy) is 1. The summed E-state index contributed by atoms with van der Waals surface area (Å²) in [6.45, 7) is 4.96. The molecule has 2 atom stereocenters. The molecule has 1 aliphatic heterocycles. The number of hydrogen-bond acceptors (Lipinski definition) is 3. The van der Waals surface area contributed by atoms with Crippen LogP contribution in [0.2, 0.25) is 0 Å². The fraction of sp³-hybridized carbons (Fsp3) is 0.611. The second-order valence-electron chi connectivity index (χ2n) is 6.32. The zero-order valence-electron chi connectivity index (χ0n) is 14.0. The van der Waals surface area contributed by atoms with Gasteiger partial charge in [0.25, 0.3) is 0 Å². The van der Waals surface area contributed by atoms with Crippen molar-refractivity contribution in [1.82, 2.24) is 9.80 Å². The van der Waals surface area contributed by atoms with Gasteiger partial charge in [0.05, 0.1) is 12.7 Å². The van der Waals surface area contributed by atoms with Gasteiger partial charge < -0.3 is 9.64 Å². The number of amides is 1. The van der Waals surface area contributed by atoms with E-state index in [1.165, 1.54) is 5.56 Å². The summed E-state index contributed by atoms with van der Waals surface area (Å²) in [4.78, 5) is 15.7. The van der Waals surface area contributed by atoms with E-state index in [1.807, 2.05) is 20.2 Å². The Kier molecular flexibility index (Phi) is 6.40. The van der Waals surface area contributed by atoms with Gasteiger partial charge in [-0.2, -0.15) is 0 Å². The fourth-order valence-electron chi connectivity index (χ4n) is 2.80. The lowest BCUT2D eigenvalue weighted by Crippen LogP contribution is -2.45. The van der Waals surface area contributed by atoms with E-state index in [4.69, 9.17) is 4.74 Å². The van der Waals surface area contributed by atoms with Gasteiger partial charge in [0.1, 0.15) is 0 Å². The first kappa shape index (κ1) is 17.0. The number of nitrogens with zero attached hydrogens (tertiary/aromatic N) is 2. The maximum absolute atomic E-state index is 11.6. The van der Waals surface area contributed by atoms with Crippen LogP contribution in [0.15, 0.2) is 30.3 Å². The summed E-state index contributed by atoms with van der Waals surface area (Å²) in [5, 5.41) is 0. The first-order valence-electron chi connectivity index (χ1n) is 8.18. The molecule has 4 nitrogen and oxygen atoms in total. The van der Waals surface area contributed by atoms with Crippen molar-refractivity contribution in [3.8, 4) is 0 Å². The highest BCUT2D eigenvalue weighted by atomic mass is 16.5. The summed E-state index contributed by atoms with van der Waals surface area (Å²) in [7, 11) is 3.63. The molecule has 0 aliphatic carbocycles. The van der Waals surface area contributed by atoms with Crippen molar-refractivity contribution in [3.05, 3.63) is 35.9 Å². The third kappa shape index (κ3) is 4.82. The molecule has 0 radical (unpaired) electrons. The van der Waals surface area contributed by atoms with E-state index in [1.54, 1.807) is 4.90 Å². The second-order valence-corrected chi connectivity index (χ2v) is 6.32. The smallest absolute Gasteiger partial charge is 0.222 e. The molecule has 1 aliphatic rings. The van der Waals surface area contributed by atoms with E-state index in [9.17, 15) is 4.79 Å². The molecule has 122 valence electrons. The Bertz CT molecular complexity index is 461. The highest BCUT2D eigenvalue weighted by Crippen LogP contribution is 2.24. The zero-order valence-corrected chi connectivity index (χ0v) is 14.0. The first-order chi connectivity index (χ1) is 10.6.